The molecule has 0 aliphatic carbocycles. The van der Waals surface area contributed by atoms with E-state index in [1.807, 2.05) is 47.1 Å². The van der Waals surface area contributed by atoms with Crippen molar-refractivity contribution in [3.05, 3.63) is 64.3 Å². The maximum atomic E-state index is 12.9. The van der Waals surface area contributed by atoms with Gasteiger partial charge in [-0.25, -0.2) is 0 Å². The summed E-state index contributed by atoms with van der Waals surface area (Å²) in [7, 11) is 0. The van der Waals surface area contributed by atoms with Gasteiger partial charge in [0.15, 0.2) is 0 Å². The molecule has 0 radical (unpaired) electrons. The third-order valence-corrected chi connectivity index (χ3v) is 4.77. The van der Waals surface area contributed by atoms with Crippen LogP contribution in [0.1, 0.15) is 34.9 Å². The van der Waals surface area contributed by atoms with Crippen molar-refractivity contribution in [3.8, 4) is 0 Å². The molecule has 6 nitrogen and oxygen atoms in total. The number of carbonyl (C=O) groups is 1. The van der Waals surface area contributed by atoms with Crippen molar-refractivity contribution in [2.75, 3.05) is 13.1 Å². The van der Waals surface area contributed by atoms with Gasteiger partial charge in [-0.3, -0.25) is 14.3 Å². The number of aromatic nitrogens is 3. The van der Waals surface area contributed by atoms with Crippen LogP contribution in [0, 0.1) is 6.92 Å². The van der Waals surface area contributed by atoms with Gasteiger partial charge >= 0.3 is 0 Å². The first-order valence-electron chi connectivity index (χ1n) is 8.54. The molecule has 0 unspecified atom stereocenters. The Bertz CT molecular complexity index is 988. The molecule has 1 aliphatic heterocycles. The van der Waals surface area contributed by atoms with Gasteiger partial charge in [-0.1, -0.05) is 18.2 Å². The Morgan fingerprint density at radius 3 is 2.96 bits per heavy atom. The van der Waals surface area contributed by atoms with Gasteiger partial charge in [0, 0.05) is 24.7 Å². The quantitative estimate of drug-likeness (QED) is 0.782. The number of fused-ring (bicyclic) bond motifs is 1. The highest BCUT2D eigenvalue weighted by Gasteiger charge is 2.26. The summed E-state index contributed by atoms with van der Waals surface area (Å²) < 4.78 is 1.94. The lowest BCUT2D eigenvalue weighted by Gasteiger charge is -2.32. The molecular formula is C19H20N4O2. The first-order chi connectivity index (χ1) is 12.1. The van der Waals surface area contributed by atoms with E-state index in [0.717, 1.165) is 23.8 Å². The monoisotopic (exact) mass is 336 g/mol. The van der Waals surface area contributed by atoms with E-state index in [2.05, 4.69) is 10.1 Å². The highest BCUT2D eigenvalue weighted by Crippen LogP contribution is 2.22. The lowest BCUT2D eigenvalue weighted by Crippen LogP contribution is -2.41. The second-order valence-electron chi connectivity index (χ2n) is 6.64. The average molecular weight is 336 g/mol. The van der Waals surface area contributed by atoms with Crippen LogP contribution in [0.2, 0.25) is 0 Å². The Morgan fingerprint density at radius 2 is 2.16 bits per heavy atom. The van der Waals surface area contributed by atoms with Crippen molar-refractivity contribution in [2.45, 2.75) is 25.8 Å². The van der Waals surface area contributed by atoms with Gasteiger partial charge in [0.2, 0.25) is 0 Å². The van der Waals surface area contributed by atoms with E-state index in [0.29, 0.717) is 24.2 Å². The Kier molecular flexibility index (Phi) is 3.87. The molecule has 4 rings (SSSR count). The standard InChI is InChI=1S/C19H20N4O2/c1-13-10-20-23(11-13)15-6-4-8-22(12-15)19(25)17-9-14-5-2-3-7-16(14)18(24)21-17/h2-3,5,7,9-11,15H,4,6,8,12H2,1H3,(H,21,24)/t15-/m0/s1. The summed E-state index contributed by atoms with van der Waals surface area (Å²) >= 11 is 0. The zero-order chi connectivity index (χ0) is 17.4. The second-order valence-corrected chi connectivity index (χ2v) is 6.64. The number of hydrogen-bond donors (Lipinski definition) is 1. The summed E-state index contributed by atoms with van der Waals surface area (Å²) in [6.07, 6.45) is 5.77. The third kappa shape index (κ3) is 2.95. The number of H-pyrrole nitrogens is 1. The van der Waals surface area contributed by atoms with Gasteiger partial charge in [-0.15, -0.1) is 0 Å². The predicted molar refractivity (Wildman–Crippen MR) is 95.7 cm³/mol. The molecule has 3 heterocycles. The molecule has 0 spiro atoms. The first kappa shape index (κ1) is 15.6. The normalized spacial score (nSPS) is 17.8. The van der Waals surface area contributed by atoms with Gasteiger partial charge in [0.25, 0.3) is 11.5 Å². The summed E-state index contributed by atoms with van der Waals surface area (Å²) in [4.78, 5) is 29.7. The van der Waals surface area contributed by atoms with E-state index in [1.54, 1.807) is 12.1 Å². The predicted octanol–water partition coefficient (Wildman–Crippen LogP) is 2.51. The number of carbonyl (C=O) groups excluding carboxylic acids is 1. The average Bonchev–Trinajstić information content (AvgIpc) is 3.08. The van der Waals surface area contributed by atoms with Crippen LogP contribution in [0.3, 0.4) is 0 Å². The van der Waals surface area contributed by atoms with Gasteiger partial charge in [0.05, 0.1) is 12.2 Å². The van der Waals surface area contributed by atoms with Crippen molar-refractivity contribution in [3.63, 3.8) is 0 Å². The number of piperidine rings is 1. The minimum Gasteiger partial charge on any atom is -0.335 e. The van der Waals surface area contributed by atoms with Crippen molar-refractivity contribution < 1.29 is 4.79 Å². The van der Waals surface area contributed by atoms with E-state index in [-0.39, 0.29) is 17.5 Å². The first-order valence-corrected chi connectivity index (χ1v) is 8.54. The third-order valence-electron chi connectivity index (χ3n) is 4.77. The van der Waals surface area contributed by atoms with Crippen LogP contribution in [0.4, 0.5) is 0 Å². The van der Waals surface area contributed by atoms with Crippen molar-refractivity contribution in [1.29, 1.82) is 0 Å². The summed E-state index contributed by atoms with van der Waals surface area (Å²) in [6, 6.07) is 9.25. The zero-order valence-corrected chi connectivity index (χ0v) is 14.1. The topological polar surface area (TPSA) is 71.0 Å². The number of benzene rings is 1. The molecule has 3 aromatic rings. The van der Waals surface area contributed by atoms with Crippen molar-refractivity contribution in [2.24, 2.45) is 0 Å². The van der Waals surface area contributed by atoms with Gasteiger partial charge in [0.1, 0.15) is 5.69 Å². The molecule has 1 amide bonds. The van der Waals surface area contributed by atoms with Gasteiger partial charge in [-0.2, -0.15) is 5.10 Å². The Hall–Kier alpha value is -2.89. The molecule has 25 heavy (non-hydrogen) atoms. The number of hydrogen-bond acceptors (Lipinski definition) is 3. The Labute approximate surface area is 145 Å². The number of pyridine rings is 1. The number of likely N-dealkylation sites (tertiary alicyclic amines) is 1. The number of amides is 1. The largest absolute Gasteiger partial charge is 0.335 e. The Balaban J connectivity index is 1.61. The number of nitrogens with one attached hydrogen (secondary N) is 1. The zero-order valence-electron chi connectivity index (χ0n) is 14.1. The molecule has 1 fully saturated rings. The van der Waals surface area contributed by atoms with Crippen LogP contribution in [-0.4, -0.2) is 38.7 Å². The van der Waals surface area contributed by atoms with Crippen LogP contribution >= 0.6 is 0 Å². The van der Waals surface area contributed by atoms with E-state index in [9.17, 15) is 9.59 Å². The van der Waals surface area contributed by atoms with Crippen LogP contribution in [0.5, 0.6) is 0 Å². The SMILES string of the molecule is Cc1cnn([C@H]2CCCN(C(=O)c3cc4ccccc4c(=O)[nH]3)C2)c1. The maximum Gasteiger partial charge on any atom is 0.270 e. The molecule has 1 N–H and O–H groups in total. The number of aromatic amines is 1. The maximum absolute atomic E-state index is 12.9. The van der Waals surface area contributed by atoms with E-state index < -0.39 is 0 Å². The van der Waals surface area contributed by atoms with E-state index >= 15 is 0 Å². The Morgan fingerprint density at radius 1 is 1.32 bits per heavy atom. The molecule has 1 aromatic carbocycles. The summed E-state index contributed by atoms with van der Waals surface area (Å²) in [6.45, 7) is 3.31. The molecular weight excluding hydrogens is 316 g/mol. The van der Waals surface area contributed by atoms with E-state index in [1.165, 1.54) is 0 Å². The minimum atomic E-state index is -0.224. The highest BCUT2D eigenvalue weighted by molar-refractivity contribution is 5.96. The highest BCUT2D eigenvalue weighted by atomic mass is 16.2. The molecule has 1 atom stereocenters. The molecule has 6 heteroatoms. The van der Waals surface area contributed by atoms with Crippen LogP contribution in [0.25, 0.3) is 10.8 Å². The molecule has 2 aromatic heterocycles. The smallest absolute Gasteiger partial charge is 0.270 e. The lowest BCUT2D eigenvalue weighted by atomic mass is 10.0. The number of rotatable bonds is 2. The van der Waals surface area contributed by atoms with Crippen molar-refractivity contribution in [1.82, 2.24) is 19.7 Å². The fraction of sp³-hybridized carbons (Fsp3) is 0.316. The van der Waals surface area contributed by atoms with E-state index in [4.69, 9.17) is 0 Å². The van der Waals surface area contributed by atoms with Gasteiger partial charge < -0.3 is 9.88 Å². The van der Waals surface area contributed by atoms with Crippen LogP contribution < -0.4 is 5.56 Å². The molecule has 128 valence electrons. The molecule has 1 aliphatic rings. The number of nitrogens with zero attached hydrogens (tertiary/aromatic N) is 3. The minimum absolute atomic E-state index is 0.128. The summed E-state index contributed by atoms with van der Waals surface area (Å²) in [5.41, 5.74) is 1.24. The number of aryl methyl sites for hydroxylation is 1. The van der Waals surface area contributed by atoms with Crippen LogP contribution in [-0.2, 0) is 0 Å². The van der Waals surface area contributed by atoms with Gasteiger partial charge in [-0.05, 0) is 42.8 Å². The molecule has 0 saturated carbocycles. The molecule has 0 bridgehead atoms. The second kappa shape index (κ2) is 6.20. The fourth-order valence-corrected chi connectivity index (χ4v) is 3.48. The summed E-state index contributed by atoms with van der Waals surface area (Å²) in [5.74, 6) is -0.128. The summed E-state index contributed by atoms with van der Waals surface area (Å²) in [5, 5.41) is 5.76. The lowest BCUT2D eigenvalue weighted by molar-refractivity contribution is 0.0667. The molecule has 1 saturated heterocycles. The van der Waals surface area contributed by atoms with Crippen molar-refractivity contribution >= 4 is 16.7 Å². The van der Waals surface area contributed by atoms with Crippen LogP contribution in [0.15, 0.2) is 47.5 Å². The fourth-order valence-electron chi connectivity index (χ4n) is 3.48.